The predicted octanol–water partition coefficient (Wildman–Crippen LogP) is 2.37. The molecule has 0 amide bonds. The van der Waals surface area contributed by atoms with Gasteiger partial charge in [0.15, 0.2) is 0 Å². The van der Waals surface area contributed by atoms with Crippen molar-refractivity contribution in [1.29, 1.82) is 0 Å². The summed E-state index contributed by atoms with van der Waals surface area (Å²) >= 11 is 0. The first-order chi connectivity index (χ1) is 10.5. The highest BCUT2D eigenvalue weighted by molar-refractivity contribution is 5.34. The molecule has 22 heavy (non-hydrogen) atoms. The average Bonchev–Trinajstić information content (AvgIpc) is 3.06. The monoisotopic (exact) mass is 302 g/mol. The molecule has 0 aromatic carbocycles. The summed E-state index contributed by atoms with van der Waals surface area (Å²) in [6.45, 7) is 9.36. The largest absolute Gasteiger partial charge is 0.379 e. The molecule has 0 radical (unpaired) electrons. The molecule has 0 unspecified atom stereocenters. The van der Waals surface area contributed by atoms with Gasteiger partial charge >= 0.3 is 0 Å². The number of ether oxygens (including phenoxy) is 1. The van der Waals surface area contributed by atoms with Gasteiger partial charge in [0.05, 0.1) is 24.9 Å². The quantitative estimate of drug-likeness (QED) is 0.934. The molecule has 2 aromatic heterocycles. The molecule has 3 rings (SSSR count). The van der Waals surface area contributed by atoms with E-state index in [9.17, 15) is 0 Å². The zero-order valence-electron chi connectivity index (χ0n) is 13.5. The summed E-state index contributed by atoms with van der Waals surface area (Å²) in [5.74, 6) is 1.91. The number of aryl methyl sites for hydroxylation is 3. The fourth-order valence-electron chi connectivity index (χ4n) is 2.73. The maximum atomic E-state index is 5.63. The minimum absolute atomic E-state index is 0.187. The van der Waals surface area contributed by atoms with Gasteiger partial charge in [-0.15, -0.1) is 0 Å². The summed E-state index contributed by atoms with van der Waals surface area (Å²) in [6, 6.07) is 2.17. The topological polar surface area (TPSA) is 73.1 Å². The molecule has 1 aliphatic rings. The number of nitrogens with one attached hydrogen (secondary N) is 1. The van der Waals surface area contributed by atoms with Crippen LogP contribution in [-0.4, -0.2) is 34.4 Å². The summed E-state index contributed by atoms with van der Waals surface area (Å²) in [4.78, 5) is 9.06. The molecule has 6 heteroatoms. The van der Waals surface area contributed by atoms with Crippen molar-refractivity contribution in [2.24, 2.45) is 5.92 Å². The number of nitrogens with zero attached hydrogens (tertiary/aromatic N) is 3. The van der Waals surface area contributed by atoms with Gasteiger partial charge in [0.25, 0.3) is 0 Å². The number of hydrogen-bond donors (Lipinski definition) is 1. The lowest BCUT2D eigenvalue weighted by atomic mass is 9.98. The minimum Gasteiger partial charge on any atom is -0.379 e. The predicted molar refractivity (Wildman–Crippen MR) is 82.9 cm³/mol. The first-order valence-electron chi connectivity index (χ1n) is 7.61. The van der Waals surface area contributed by atoms with Crippen LogP contribution in [-0.2, 0) is 11.2 Å². The van der Waals surface area contributed by atoms with Crippen LogP contribution in [0.1, 0.15) is 28.4 Å². The lowest BCUT2D eigenvalue weighted by Gasteiger charge is -2.19. The highest BCUT2D eigenvalue weighted by atomic mass is 16.5. The fourth-order valence-corrected chi connectivity index (χ4v) is 2.73. The smallest absolute Gasteiger partial charge is 0.223 e. The normalized spacial score (nSPS) is 21.3. The van der Waals surface area contributed by atoms with Crippen LogP contribution >= 0.6 is 0 Å². The van der Waals surface area contributed by atoms with Crippen molar-refractivity contribution < 1.29 is 9.26 Å². The summed E-state index contributed by atoms with van der Waals surface area (Å²) < 4.78 is 10.9. The lowest BCUT2D eigenvalue weighted by Crippen LogP contribution is -2.30. The molecular formula is C16H22N4O2. The minimum atomic E-state index is 0.187. The Morgan fingerprint density at radius 3 is 2.50 bits per heavy atom. The molecule has 0 bridgehead atoms. The molecule has 3 heterocycles. The van der Waals surface area contributed by atoms with Crippen LogP contribution < -0.4 is 5.32 Å². The summed E-state index contributed by atoms with van der Waals surface area (Å²) in [6.07, 6.45) is 0.808. The lowest BCUT2D eigenvalue weighted by molar-refractivity contribution is 0.183. The van der Waals surface area contributed by atoms with E-state index in [-0.39, 0.29) is 6.04 Å². The van der Waals surface area contributed by atoms with E-state index in [1.807, 2.05) is 33.8 Å². The summed E-state index contributed by atoms with van der Waals surface area (Å²) in [5.41, 5.74) is 4.07. The van der Waals surface area contributed by atoms with E-state index in [1.54, 1.807) is 0 Å². The van der Waals surface area contributed by atoms with Gasteiger partial charge in [-0.1, -0.05) is 5.16 Å². The molecule has 0 aliphatic carbocycles. The molecule has 118 valence electrons. The first kappa shape index (κ1) is 15.0. The van der Waals surface area contributed by atoms with E-state index in [1.165, 1.54) is 0 Å². The number of rotatable bonds is 4. The van der Waals surface area contributed by atoms with Gasteiger partial charge < -0.3 is 14.6 Å². The molecule has 6 nitrogen and oxygen atoms in total. The Morgan fingerprint density at radius 2 is 1.86 bits per heavy atom. The third-order valence-corrected chi connectivity index (χ3v) is 4.29. The second-order valence-electron chi connectivity index (χ2n) is 6.03. The Bertz CT molecular complexity index is 645. The van der Waals surface area contributed by atoms with E-state index in [0.717, 1.165) is 34.8 Å². The van der Waals surface area contributed by atoms with Crippen LogP contribution in [0.15, 0.2) is 10.6 Å². The molecule has 0 saturated carbocycles. The van der Waals surface area contributed by atoms with E-state index >= 15 is 0 Å². The van der Waals surface area contributed by atoms with Crippen molar-refractivity contribution in [2.45, 2.75) is 40.2 Å². The highest BCUT2D eigenvalue weighted by Crippen LogP contribution is 2.22. The standard InChI is InChI=1S/C16H22N4O2/c1-9-5-14(22-20-9)6-13-7-21-8-15(13)19-16-17-11(3)10(2)12(4)18-16/h5,13,15H,6-8H2,1-4H3,(H,17,18,19)/t13-,15+/m1/s1. The second kappa shape index (κ2) is 6.04. The molecule has 2 atom stereocenters. The van der Waals surface area contributed by atoms with Crippen LogP contribution in [0.4, 0.5) is 5.95 Å². The fraction of sp³-hybridized carbons (Fsp3) is 0.562. The molecule has 0 spiro atoms. The van der Waals surface area contributed by atoms with Gasteiger partial charge in [0.1, 0.15) is 5.76 Å². The maximum Gasteiger partial charge on any atom is 0.223 e. The number of aromatic nitrogens is 3. The maximum absolute atomic E-state index is 5.63. The Kier molecular flexibility index (Phi) is 4.11. The molecule has 1 aliphatic heterocycles. The van der Waals surface area contributed by atoms with Crippen LogP contribution in [0.5, 0.6) is 0 Å². The third-order valence-electron chi connectivity index (χ3n) is 4.29. The van der Waals surface area contributed by atoms with Crippen LogP contribution in [0.2, 0.25) is 0 Å². The van der Waals surface area contributed by atoms with E-state index in [2.05, 4.69) is 20.4 Å². The van der Waals surface area contributed by atoms with Gasteiger partial charge in [0, 0.05) is 29.8 Å². The van der Waals surface area contributed by atoms with Crippen LogP contribution in [0, 0.1) is 33.6 Å². The van der Waals surface area contributed by atoms with E-state index in [0.29, 0.717) is 25.1 Å². The Morgan fingerprint density at radius 1 is 1.14 bits per heavy atom. The van der Waals surface area contributed by atoms with Gasteiger partial charge in [0.2, 0.25) is 5.95 Å². The SMILES string of the molecule is Cc1cc(C[C@@H]2COC[C@@H]2Nc2nc(C)c(C)c(C)n2)on1. The van der Waals surface area contributed by atoms with E-state index < -0.39 is 0 Å². The van der Waals surface area contributed by atoms with Crippen molar-refractivity contribution in [1.82, 2.24) is 15.1 Å². The molecule has 1 N–H and O–H groups in total. The molecular weight excluding hydrogens is 280 g/mol. The van der Waals surface area contributed by atoms with Crippen molar-refractivity contribution in [3.63, 3.8) is 0 Å². The van der Waals surface area contributed by atoms with Gasteiger partial charge in [-0.25, -0.2) is 9.97 Å². The zero-order chi connectivity index (χ0) is 15.7. The molecule has 1 fully saturated rings. The second-order valence-corrected chi connectivity index (χ2v) is 6.03. The van der Waals surface area contributed by atoms with Crippen molar-refractivity contribution in [2.75, 3.05) is 18.5 Å². The average molecular weight is 302 g/mol. The van der Waals surface area contributed by atoms with Gasteiger partial charge in [-0.05, 0) is 33.3 Å². The first-order valence-corrected chi connectivity index (χ1v) is 7.61. The highest BCUT2D eigenvalue weighted by Gasteiger charge is 2.30. The van der Waals surface area contributed by atoms with Crippen molar-refractivity contribution in [3.8, 4) is 0 Å². The summed E-state index contributed by atoms with van der Waals surface area (Å²) in [7, 11) is 0. The Balaban J connectivity index is 1.71. The van der Waals surface area contributed by atoms with Gasteiger partial charge in [-0.3, -0.25) is 0 Å². The van der Waals surface area contributed by atoms with Crippen molar-refractivity contribution in [3.05, 3.63) is 34.5 Å². The summed E-state index contributed by atoms with van der Waals surface area (Å²) in [5, 5.41) is 7.36. The molecule has 2 aromatic rings. The zero-order valence-corrected chi connectivity index (χ0v) is 13.5. The Hall–Kier alpha value is -1.95. The Labute approximate surface area is 130 Å². The number of hydrogen-bond acceptors (Lipinski definition) is 6. The van der Waals surface area contributed by atoms with Crippen LogP contribution in [0.25, 0.3) is 0 Å². The van der Waals surface area contributed by atoms with E-state index in [4.69, 9.17) is 9.26 Å². The van der Waals surface area contributed by atoms with Gasteiger partial charge in [-0.2, -0.15) is 0 Å². The third kappa shape index (κ3) is 3.11. The van der Waals surface area contributed by atoms with Crippen molar-refractivity contribution >= 4 is 5.95 Å². The number of anilines is 1. The molecule has 1 saturated heterocycles. The van der Waals surface area contributed by atoms with Crippen LogP contribution in [0.3, 0.4) is 0 Å².